The molecule has 0 aromatic heterocycles. The molecule has 136 valence electrons. The van der Waals surface area contributed by atoms with Crippen molar-refractivity contribution in [3.63, 3.8) is 0 Å². The maximum Gasteiger partial charge on any atom is 0.251 e. The summed E-state index contributed by atoms with van der Waals surface area (Å²) >= 11 is 0. The number of carbonyl (C=O) groups is 1. The van der Waals surface area contributed by atoms with Gasteiger partial charge in [-0.15, -0.1) is 0 Å². The lowest BCUT2D eigenvalue weighted by Crippen LogP contribution is -2.24. The fourth-order valence-electron chi connectivity index (χ4n) is 2.63. The largest absolute Gasteiger partial charge is 0.493 e. The lowest BCUT2D eigenvalue weighted by atomic mass is 10.1. The number of benzene rings is 2. The minimum absolute atomic E-state index is 0.215. The van der Waals surface area contributed by atoms with Gasteiger partial charge >= 0.3 is 0 Å². The summed E-state index contributed by atoms with van der Waals surface area (Å²) in [5.41, 5.74) is 1.35. The van der Waals surface area contributed by atoms with E-state index in [2.05, 4.69) is 11.9 Å². The van der Waals surface area contributed by atoms with E-state index in [1.54, 1.807) is 24.3 Å². The Kier molecular flexibility index (Phi) is 5.63. The van der Waals surface area contributed by atoms with Gasteiger partial charge in [0.15, 0.2) is 23.0 Å². The summed E-state index contributed by atoms with van der Waals surface area (Å²) in [5.74, 6) is 2.23. The van der Waals surface area contributed by atoms with Crippen LogP contribution in [0.3, 0.4) is 0 Å². The Bertz CT molecular complexity index is 803. The van der Waals surface area contributed by atoms with Crippen molar-refractivity contribution < 1.29 is 23.7 Å². The molecule has 6 heteroatoms. The van der Waals surface area contributed by atoms with Crippen molar-refractivity contribution in [3.8, 4) is 23.0 Å². The van der Waals surface area contributed by atoms with Gasteiger partial charge in [-0.25, -0.2) is 0 Å². The van der Waals surface area contributed by atoms with Crippen molar-refractivity contribution in [2.75, 3.05) is 26.9 Å². The molecule has 0 bridgehead atoms. The van der Waals surface area contributed by atoms with Crippen molar-refractivity contribution in [2.45, 2.75) is 6.54 Å². The number of methoxy groups -OCH3 is 1. The summed E-state index contributed by atoms with van der Waals surface area (Å²) < 4.78 is 22.0. The highest BCUT2D eigenvalue weighted by Crippen LogP contribution is 2.33. The van der Waals surface area contributed by atoms with Gasteiger partial charge in [-0.2, -0.15) is 0 Å². The van der Waals surface area contributed by atoms with Crippen molar-refractivity contribution >= 4 is 5.91 Å². The standard InChI is InChI=1S/C20H21NO5/c1-3-9-24-16-8-7-14(12-18(16)23-2)20(22)21-13-15-5-4-6-17-19(15)26-11-10-25-17/h3-8,12H,1,9-11,13H2,2H3,(H,21,22). The lowest BCUT2D eigenvalue weighted by Gasteiger charge is -2.21. The number of rotatable bonds is 7. The summed E-state index contributed by atoms with van der Waals surface area (Å²) in [6.07, 6.45) is 1.65. The van der Waals surface area contributed by atoms with Crippen molar-refractivity contribution in [1.82, 2.24) is 5.32 Å². The Morgan fingerprint density at radius 2 is 2.08 bits per heavy atom. The second kappa shape index (κ2) is 8.29. The van der Waals surface area contributed by atoms with Gasteiger partial charge in [0.25, 0.3) is 5.91 Å². The van der Waals surface area contributed by atoms with Crippen LogP contribution >= 0.6 is 0 Å². The molecule has 3 rings (SSSR count). The van der Waals surface area contributed by atoms with Crippen LogP contribution in [0.4, 0.5) is 0 Å². The molecule has 0 unspecified atom stereocenters. The predicted octanol–water partition coefficient (Wildman–Crippen LogP) is 2.96. The van der Waals surface area contributed by atoms with Crippen LogP contribution < -0.4 is 24.3 Å². The molecule has 0 fully saturated rings. The third-order valence-corrected chi connectivity index (χ3v) is 3.87. The fourth-order valence-corrected chi connectivity index (χ4v) is 2.63. The van der Waals surface area contributed by atoms with Crippen LogP contribution in [0.1, 0.15) is 15.9 Å². The highest BCUT2D eigenvalue weighted by molar-refractivity contribution is 5.94. The number of fused-ring (bicyclic) bond motifs is 1. The van der Waals surface area contributed by atoms with Crippen molar-refractivity contribution in [2.24, 2.45) is 0 Å². The fraction of sp³-hybridized carbons (Fsp3) is 0.250. The number of hydrogen-bond donors (Lipinski definition) is 1. The summed E-state index contributed by atoms with van der Waals surface area (Å²) in [5, 5.41) is 2.89. The van der Waals surface area contributed by atoms with E-state index in [9.17, 15) is 4.79 Å². The van der Waals surface area contributed by atoms with Crippen LogP contribution in [-0.4, -0.2) is 32.8 Å². The number of nitrogens with one attached hydrogen (secondary N) is 1. The Labute approximate surface area is 152 Å². The zero-order valence-corrected chi connectivity index (χ0v) is 14.6. The second-order valence-electron chi connectivity index (χ2n) is 5.59. The summed E-state index contributed by atoms with van der Waals surface area (Å²) in [6, 6.07) is 10.7. The molecule has 0 saturated heterocycles. The van der Waals surface area contributed by atoms with Gasteiger partial charge < -0.3 is 24.3 Å². The Morgan fingerprint density at radius 3 is 2.88 bits per heavy atom. The molecule has 1 aliphatic heterocycles. The van der Waals surface area contributed by atoms with E-state index >= 15 is 0 Å². The average Bonchev–Trinajstić information content (AvgIpc) is 2.70. The van der Waals surface area contributed by atoms with Gasteiger partial charge in [-0.1, -0.05) is 24.8 Å². The Morgan fingerprint density at radius 1 is 1.23 bits per heavy atom. The maximum absolute atomic E-state index is 12.5. The molecule has 1 heterocycles. The normalized spacial score (nSPS) is 12.2. The summed E-state index contributed by atoms with van der Waals surface area (Å²) in [7, 11) is 1.53. The molecule has 0 spiro atoms. The van der Waals surface area contributed by atoms with Crippen LogP contribution in [0.5, 0.6) is 23.0 Å². The van der Waals surface area contributed by atoms with E-state index in [1.165, 1.54) is 7.11 Å². The smallest absolute Gasteiger partial charge is 0.251 e. The first-order chi connectivity index (χ1) is 12.7. The number of carbonyl (C=O) groups excluding carboxylic acids is 1. The third-order valence-electron chi connectivity index (χ3n) is 3.87. The molecule has 6 nitrogen and oxygen atoms in total. The quantitative estimate of drug-likeness (QED) is 0.774. The molecule has 26 heavy (non-hydrogen) atoms. The molecule has 0 saturated carbocycles. The average molecular weight is 355 g/mol. The van der Waals surface area contributed by atoms with Gasteiger partial charge in [0.05, 0.1) is 7.11 Å². The van der Waals surface area contributed by atoms with Gasteiger partial charge in [0.1, 0.15) is 19.8 Å². The molecular weight excluding hydrogens is 334 g/mol. The summed E-state index contributed by atoms with van der Waals surface area (Å²) in [4.78, 5) is 12.5. The highest BCUT2D eigenvalue weighted by Gasteiger charge is 2.17. The maximum atomic E-state index is 12.5. The first kappa shape index (κ1) is 17.7. The molecular formula is C20H21NO5. The highest BCUT2D eigenvalue weighted by atomic mass is 16.6. The Hall–Kier alpha value is -3.15. The van der Waals surface area contributed by atoms with Gasteiger partial charge in [0, 0.05) is 17.7 Å². The zero-order chi connectivity index (χ0) is 18.4. The second-order valence-corrected chi connectivity index (χ2v) is 5.59. The van der Waals surface area contributed by atoms with Crippen LogP contribution in [0, 0.1) is 0 Å². The van der Waals surface area contributed by atoms with Crippen LogP contribution in [0.15, 0.2) is 49.1 Å². The molecule has 1 aliphatic rings. The van der Waals surface area contributed by atoms with Gasteiger partial charge in [0.2, 0.25) is 0 Å². The van der Waals surface area contributed by atoms with Crippen LogP contribution in [0.25, 0.3) is 0 Å². The van der Waals surface area contributed by atoms with Crippen LogP contribution in [0.2, 0.25) is 0 Å². The minimum Gasteiger partial charge on any atom is -0.493 e. The molecule has 0 aliphatic carbocycles. The number of amides is 1. The first-order valence-electron chi connectivity index (χ1n) is 8.30. The third kappa shape index (κ3) is 3.91. The molecule has 0 radical (unpaired) electrons. The molecule has 1 amide bonds. The first-order valence-corrected chi connectivity index (χ1v) is 8.30. The number of para-hydroxylation sites is 1. The van der Waals surface area contributed by atoms with Crippen molar-refractivity contribution in [3.05, 3.63) is 60.2 Å². The SMILES string of the molecule is C=CCOc1ccc(C(=O)NCc2cccc3c2OCCO3)cc1OC. The monoisotopic (exact) mass is 355 g/mol. The van der Waals surface area contributed by atoms with Gasteiger partial charge in [-0.05, 0) is 24.3 Å². The zero-order valence-electron chi connectivity index (χ0n) is 14.6. The minimum atomic E-state index is -0.215. The summed E-state index contributed by atoms with van der Waals surface area (Å²) in [6.45, 7) is 5.34. The molecule has 0 atom stereocenters. The predicted molar refractivity (Wildman–Crippen MR) is 97.3 cm³/mol. The van der Waals surface area contributed by atoms with E-state index in [-0.39, 0.29) is 5.91 Å². The van der Waals surface area contributed by atoms with E-state index in [1.807, 2.05) is 18.2 Å². The van der Waals surface area contributed by atoms with E-state index in [4.69, 9.17) is 18.9 Å². The topological polar surface area (TPSA) is 66.0 Å². The van der Waals surface area contributed by atoms with E-state index < -0.39 is 0 Å². The number of hydrogen-bond acceptors (Lipinski definition) is 5. The van der Waals surface area contributed by atoms with E-state index in [0.717, 1.165) is 5.56 Å². The van der Waals surface area contributed by atoms with E-state index in [0.29, 0.717) is 54.9 Å². The van der Waals surface area contributed by atoms with Crippen molar-refractivity contribution in [1.29, 1.82) is 0 Å². The lowest BCUT2D eigenvalue weighted by molar-refractivity contribution is 0.0949. The molecule has 1 N–H and O–H groups in total. The molecule has 2 aromatic rings. The van der Waals surface area contributed by atoms with Crippen LogP contribution in [-0.2, 0) is 6.54 Å². The molecule has 2 aromatic carbocycles. The Balaban J connectivity index is 1.70. The number of ether oxygens (including phenoxy) is 4. The van der Waals surface area contributed by atoms with Gasteiger partial charge in [-0.3, -0.25) is 4.79 Å².